The number of hydrogen-bond acceptors (Lipinski definition) is 1. The largest absolute Gasteiger partial charge is 0.306 e. The van der Waals surface area contributed by atoms with E-state index in [2.05, 4.69) is 62.8 Å². The Hall–Kier alpha value is -0.120. The van der Waals surface area contributed by atoms with Gasteiger partial charge in [-0.1, -0.05) is 50.6 Å². The highest BCUT2D eigenvalue weighted by molar-refractivity contribution is 9.11. The lowest BCUT2D eigenvalue weighted by atomic mass is 10.1. The minimum absolute atomic E-state index is 0.335. The van der Waals surface area contributed by atoms with E-state index in [1.165, 1.54) is 5.56 Å². The van der Waals surface area contributed by atoms with Crippen LogP contribution in [0.5, 0.6) is 0 Å². The predicted molar refractivity (Wildman–Crippen MR) is 68.6 cm³/mol. The Kier molecular flexibility index (Phi) is 4.85. The Bertz CT molecular complexity index is 323. The van der Waals surface area contributed by atoms with Crippen LogP contribution in [-0.4, -0.2) is 6.54 Å². The Morgan fingerprint density at radius 3 is 2.86 bits per heavy atom. The highest BCUT2D eigenvalue weighted by Crippen LogP contribution is 2.18. The maximum atomic E-state index is 3.78. The molecule has 0 fully saturated rings. The molecule has 0 aliphatic rings. The van der Waals surface area contributed by atoms with E-state index in [1.54, 1.807) is 0 Å². The van der Waals surface area contributed by atoms with Gasteiger partial charge in [0.25, 0.3) is 0 Å². The number of benzene rings is 1. The lowest BCUT2D eigenvalue weighted by Crippen LogP contribution is -2.19. The van der Waals surface area contributed by atoms with Crippen LogP contribution in [0.1, 0.15) is 18.5 Å². The molecule has 0 saturated heterocycles. The van der Waals surface area contributed by atoms with Gasteiger partial charge in [-0.05, 0) is 24.6 Å². The van der Waals surface area contributed by atoms with Crippen molar-refractivity contribution < 1.29 is 0 Å². The lowest BCUT2D eigenvalue weighted by molar-refractivity contribution is 0.615. The zero-order valence-electron chi connectivity index (χ0n) is 8.06. The van der Waals surface area contributed by atoms with Gasteiger partial charge in [-0.25, -0.2) is 0 Å². The molecule has 0 saturated carbocycles. The highest BCUT2D eigenvalue weighted by atomic mass is 79.9. The van der Waals surface area contributed by atoms with Gasteiger partial charge in [-0.2, -0.15) is 0 Å². The third-order valence-corrected chi connectivity index (χ3v) is 2.72. The first-order chi connectivity index (χ1) is 6.59. The van der Waals surface area contributed by atoms with E-state index in [9.17, 15) is 0 Å². The monoisotopic (exact) mass is 317 g/mol. The zero-order valence-corrected chi connectivity index (χ0v) is 11.2. The molecule has 0 radical (unpaired) electrons. The summed E-state index contributed by atoms with van der Waals surface area (Å²) in [6.07, 6.45) is 0. The maximum absolute atomic E-state index is 3.78. The smallest absolute Gasteiger partial charge is 0.0295 e. The van der Waals surface area contributed by atoms with Gasteiger partial charge in [-0.15, -0.1) is 0 Å². The van der Waals surface area contributed by atoms with Crippen LogP contribution in [0.3, 0.4) is 0 Å². The van der Waals surface area contributed by atoms with Crippen LogP contribution >= 0.6 is 31.9 Å². The third kappa shape index (κ3) is 3.95. The number of hydrogen-bond donors (Lipinski definition) is 1. The van der Waals surface area contributed by atoms with Gasteiger partial charge < -0.3 is 5.32 Å². The highest BCUT2D eigenvalue weighted by Gasteiger charge is 2.04. The summed E-state index contributed by atoms with van der Waals surface area (Å²) >= 11 is 6.78. The fourth-order valence-corrected chi connectivity index (χ4v) is 1.74. The lowest BCUT2D eigenvalue weighted by Gasteiger charge is -2.13. The van der Waals surface area contributed by atoms with E-state index < -0.39 is 0 Å². The van der Waals surface area contributed by atoms with Gasteiger partial charge in [0.2, 0.25) is 0 Å². The second-order valence-electron chi connectivity index (χ2n) is 3.17. The third-order valence-electron chi connectivity index (χ3n) is 1.95. The molecule has 1 rings (SSSR count). The molecular weight excluding hydrogens is 306 g/mol. The summed E-state index contributed by atoms with van der Waals surface area (Å²) in [5.74, 6) is 0. The molecule has 1 N–H and O–H groups in total. The van der Waals surface area contributed by atoms with Crippen LogP contribution in [0.25, 0.3) is 0 Å². The average Bonchev–Trinajstić information content (AvgIpc) is 2.14. The van der Waals surface area contributed by atoms with E-state index >= 15 is 0 Å². The second kappa shape index (κ2) is 5.69. The molecule has 3 heteroatoms. The van der Waals surface area contributed by atoms with E-state index in [-0.39, 0.29) is 0 Å². The maximum Gasteiger partial charge on any atom is 0.0295 e. The van der Waals surface area contributed by atoms with Crippen LogP contribution in [-0.2, 0) is 0 Å². The summed E-state index contributed by atoms with van der Waals surface area (Å²) in [6, 6.07) is 8.63. The van der Waals surface area contributed by atoms with Crippen LogP contribution in [0.15, 0.2) is 39.8 Å². The summed E-state index contributed by atoms with van der Waals surface area (Å²) in [5, 5.41) is 3.36. The number of rotatable bonds is 4. The van der Waals surface area contributed by atoms with E-state index in [1.807, 2.05) is 12.1 Å². The molecule has 1 atom stereocenters. The van der Waals surface area contributed by atoms with Gasteiger partial charge >= 0.3 is 0 Å². The first-order valence-electron chi connectivity index (χ1n) is 4.41. The van der Waals surface area contributed by atoms with E-state index in [4.69, 9.17) is 0 Å². The molecule has 0 aliphatic carbocycles. The minimum atomic E-state index is 0.335. The standard InChI is InChI=1S/C11H13Br2N/c1-8(12)7-14-9(2)10-4-3-5-11(13)6-10/h3-6,9,14H,1,7H2,2H3. The molecule has 0 spiro atoms. The van der Waals surface area contributed by atoms with Crippen molar-refractivity contribution in [2.24, 2.45) is 0 Å². The van der Waals surface area contributed by atoms with Crippen molar-refractivity contribution in [1.29, 1.82) is 0 Å². The molecule has 1 aromatic carbocycles. The first kappa shape index (κ1) is 12.0. The predicted octanol–water partition coefficient (Wildman–Crippen LogP) is 4.01. The van der Waals surface area contributed by atoms with Gasteiger partial charge in [0.05, 0.1) is 0 Å². The Morgan fingerprint density at radius 2 is 2.29 bits per heavy atom. The molecule has 0 bridgehead atoms. The molecule has 1 aromatic rings. The van der Waals surface area contributed by atoms with Crippen molar-refractivity contribution in [2.45, 2.75) is 13.0 Å². The summed E-state index contributed by atoms with van der Waals surface area (Å²) in [7, 11) is 0. The van der Waals surface area contributed by atoms with Crippen LogP contribution in [0, 0.1) is 0 Å². The molecule has 76 valence electrons. The normalized spacial score (nSPS) is 12.5. The number of nitrogens with one attached hydrogen (secondary N) is 1. The van der Waals surface area contributed by atoms with Crippen molar-refractivity contribution in [3.63, 3.8) is 0 Å². The second-order valence-corrected chi connectivity index (χ2v) is 5.21. The average molecular weight is 319 g/mol. The SMILES string of the molecule is C=C(Br)CNC(C)c1cccc(Br)c1. The molecule has 0 amide bonds. The molecule has 0 aromatic heterocycles. The Balaban J connectivity index is 2.60. The molecule has 14 heavy (non-hydrogen) atoms. The zero-order chi connectivity index (χ0) is 10.6. The molecule has 0 aliphatic heterocycles. The Morgan fingerprint density at radius 1 is 1.57 bits per heavy atom. The summed E-state index contributed by atoms with van der Waals surface area (Å²) in [4.78, 5) is 0. The summed E-state index contributed by atoms with van der Waals surface area (Å²) in [5.41, 5.74) is 1.27. The Labute approximate surface area is 102 Å². The first-order valence-corrected chi connectivity index (χ1v) is 6.00. The van der Waals surface area contributed by atoms with Crippen molar-refractivity contribution in [3.8, 4) is 0 Å². The van der Waals surface area contributed by atoms with Crippen molar-refractivity contribution in [3.05, 3.63) is 45.4 Å². The van der Waals surface area contributed by atoms with Crippen molar-refractivity contribution in [1.82, 2.24) is 5.32 Å². The topological polar surface area (TPSA) is 12.0 Å². The number of halogens is 2. The van der Waals surface area contributed by atoms with Crippen LogP contribution in [0.2, 0.25) is 0 Å². The van der Waals surface area contributed by atoms with Gasteiger partial charge in [0.15, 0.2) is 0 Å². The van der Waals surface area contributed by atoms with Crippen molar-refractivity contribution >= 4 is 31.9 Å². The fourth-order valence-electron chi connectivity index (χ4n) is 1.16. The fraction of sp³-hybridized carbons (Fsp3) is 0.273. The van der Waals surface area contributed by atoms with E-state index in [0.717, 1.165) is 15.5 Å². The van der Waals surface area contributed by atoms with Crippen LogP contribution < -0.4 is 5.32 Å². The van der Waals surface area contributed by atoms with Crippen LogP contribution in [0.4, 0.5) is 0 Å². The van der Waals surface area contributed by atoms with Gasteiger partial charge in [0.1, 0.15) is 0 Å². The van der Waals surface area contributed by atoms with Crippen molar-refractivity contribution in [2.75, 3.05) is 6.54 Å². The van der Waals surface area contributed by atoms with Gasteiger partial charge in [-0.3, -0.25) is 0 Å². The molecular formula is C11H13Br2N. The summed E-state index contributed by atoms with van der Waals surface area (Å²) in [6.45, 7) is 6.71. The van der Waals surface area contributed by atoms with E-state index in [0.29, 0.717) is 6.04 Å². The molecule has 1 nitrogen and oxygen atoms in total. The van der Waals surface area contributed by atoms with Gasteiger partial charge in [0, 0.05) is 21.5 Å². The molecule has 1 unspecified atom stereocenters. The quantitative estimate of drug-likeness (QED) is 0.884. The molecule has 0 heterocycles. The summed E-state index contributed by atoms with van der Waals surface area (Å²) < 4.78 is 2.08. The minimum Gasteiger partial charge on any atom is -0.306 e.